The fourth-order valence-corrected chi connectivity index (χ4v) is 4.53. The number of rotatable bonds is 10. The number of aromatic amines is 1. The van der Waals surface area contributed by atoms with Crippen molar-refractivity contribution in [3.63, 3.8) is 0 Å². The monoisotopic (exact) mass is 532 g/mol. The molecule has 0 spiro atoms. The van der Waals surface area contributed by atoms with E-state index in [9.17, 15) is 9.90 Å². The van der Waals surface area contributed by atoms with Gasteiger partial charge in [0, 0.05) is 43.7 Å². The topological polar surface area (TPSA) is 128 Å². The third-order valence-corrected chi connectivity index (χ3v) is 6.63. The Bertz CT molecular complexity index is 1380. The average Bonchev–Trinajstić information content (AvgIpc) is 3.38. The number of nitrogens with zero attached hydrogens (tertiary/aromatic N) is 2. The van der Waals surface area contributed by atoms with Crippen LogP contribution in [0.15, 0.2) is 60.8 Å². The largest absolute Gasteiger partial charge is 0.488 e. The smallest absolute Gasteiger partial charge is 0.251 e. The molecule has 10 nitrogen and oxygen atoms in total. The lowest BCUT2D eigenvalue weighted by molar-refractivity contribution is 0.0125. The van der Waals surface area contributed by atoms with Crippen LogP contribution in [0.25, 0.3) is 22.6 Å². The van der Waals surface area contributed by atoms with Gasteiger partial charge in [-0.2, -0.15) is 0 Å². The van der Waals surface area contributed by atoms with Crippen LogP contribution in [0.2, 0.25) is 0 Å². The summed E-state index contributed by atoms with van der Waals surface area (Å²) in [5, 5.41) is 12.9. The summed E-state index contributed by atoms with van der Waals surface area (Å²) < 4.78 is 22.8. The van der Waals surface area contributed by atoms with Crippen molar-refractivity contribution in [1.29, 1.82) is 0 Å². The molecule has 0 radical (unpaired) electrons. The van der Waals surface area contributed by atoms with E-state index in [4.69, 9.17) is 18.9 Å². The van der Waals surface area contributed by atoms with Crippen LogP contribution in [0.5, 0.6) is 17.2 Å². The van der Waals surface area contributed by atoms with E-state index in [1.807, 2.05) is 31.2 Å². The first-order chi connectivity index (χ1) is 19.0. The van der Waals surface area contributed by atoms with Gasteiger partial charge in [0.15, 0.2) is 5.65 Å². The molecular weight excluding hydrogens is 500 g/mol. The maximum Gasteiger partial charge on any atom is 0.251 e. The molecule has 0 aliphatic carbocycles. The molecule has 2 aromatic carbocycles. The van der Waals surface area contributed by atoms with Crippen molar-refractivity contribution in [2.45, 2.75) is 31.4 Å². The number of carbonyl (C=O) groups is 1. The van der Waals surface area contributed by atoms with Crippen molar-refractivity contribution in [1.82, 2.24) is 20.3 Å². The molecule has 4 aromatic rings. The summed E-state index contributed by atoms with van der Waals surface area (Å²) in [6.45, 7) is 3.24. The molecule has 0 saturated carbocycles. The lowest BCUT2D eigenvalue weighted by atomic mass is 9.90. The van der Waals surface area contributed by atoms with Crippen molar-refractivity contribution in [3.05, 3.63) is 66.4 Å². The normalized spacial score (nSPS) is 15.6. The van der Waals surface area contributed by atoms with E-state index >= 15 is 0 Å². The van der Waals surface area contributed by atoms with E-state index in [2.05, 4.69) is 20.3 Å². The van der Waals surface area contributed by atoms with Gasteiger partial charge >= 0.3 is 0 Å². The van der Waals surface area contributed by atoms with Gasteiger partial charge in [0.25, 0.3) is 5.91 Å². The zero-order valence-corrected chi connectivity index (χ0v) is 22.0. The van der Waals surface area contributed by atoms with Gasteiger partial charge in [-0.25, -0.2) is 9.97 Å². The number of aromatic nitrogens is 3. The zero-order chi connectivity index (χ0) is 27.2. The molecule has 5 rings (SSSR count). The summed E-state index contributed by atoms with van der Waals surface area (Å²) >= 11 is 0. The van der Waals surface area contributed by atoms with Gasteiger partial charge in [-0.3, -0.25) is 4.79 Å². The molecule has 0 unspecified atom stereocenters. The molecule has 2 aromatic heterocycles. The SMILES string of the molecule is COC[C@H](C)Oc1cc(Oc2ccc(C(=O)NC3(CO)CCOCC3)cc2)cc(-c2nc3ncccc3[nH]2)c1. The molecule has 1 amide bonds. The van der Waals surface area contributed by atoms with Gasteiger partial charge in [-0.05, 0) is 68.3 Å². The molecule has 204 valence electrons. The molecule has 1 aliphatic heterocycles. The van der Waals surface area contributed by atoms with Gasteiger partial charge in [-0.1, -0.05) is 0 Å². The molecular formula is C29H32N4O6. The average molecular weight is 533 g/mol. The Kier molecular flexibility index (Phi) is 8.06. The minimum Gasteiger partial charge on any atom is -0.488 e. The number of nitrogens with one attached hydrogen (secondary N) is 2. The highest BCUT2D eigenvalue weighted by atomic mass is 16.5. The Morgan fingerprint density at radius 2 is 1.90 bits per heavy atom. The van der Waals surface area contributed by atoms with Crippen molar-refractivity contribution >= 4 is 17.1 Å². The fourth-order valence-electron chi connectivity index (χ4n) is 4.53. The molecule has 1 fully saturated rings. The summed E-state index contributed by atoms with van der Waals surface area (Å²) in [5.41, 5.74) is 2.03. The Balaban J connectivity index is 1.36. The highest BCUT2D eigenvalue weighted by Crippen LogP contribution is 2.33. The van der Waals surface area contributed by atoms with E-state index in [0.29, 0.717) is 66.9 Å². The molecule has 1 saturated heterocycles. The summed E-state index contributed by atoms with van der Waals surface area (Å²) in [7, 11) is 1.63. The molecule has 3 heterocycles. The number of H-pyrrole nitrogens is 1. The number of hydrogen-bond acceptors (Lipinski definition) is 8. The highest BCUT2D eigenvalue weighted by Gasteiger charge is 2.33. The summed E-state index contributed by atoms with van der Waals surface area (Å²) in [6.07, 6.45) is 2.67. The number of benzene rings is 2. The standard InChI is InChI=1S/C29H32N4O6/c1-19(17-36-2)38-23-14-21(26-31-25-4-3-11-30-27(25)32-26)15-24(16-23)39-22-7-5-20(6-8-22)28(35)33-29(18-34)9-12-37-13-10-29/h3-8,11,14-16,19,34H,9-10,12-13,17-18H2,1-2H3,(H,33,35)(H,30,31,32)/t19-/m0/s1. The maximum absolute atomic E-state index is 12.9. The first-order valence-corrected chi connectivity index (χ1v) is 12.9. The molecule has 39 heavy (non-hydrogen) atoms. The Morgan fingerprint density at radius 3 is 2.62 bits per heavy atom. The Hall–Kier alpha value is -3.99. The van der Waals surface area contributed by atoms with E-state index in [1.165, 1.54) is 0 Å². The van der Waals surface area contributed by atoms with E-state index in [-0.39, 0.29) is 18.6 Å². The van der Waals surface area contributed by atoms with Crippen LogP contribution in [0, 0.1) is 0 Å². The fraction of sp³-hybridized carbons (Fsp3) is 0.345. The van der Waals surface area contributed by atoms with Crippen LogP contribution in [0.4, 0.5) is 0 Å². The maximum atomic E-state index is 12.9. The first-order valence-electron chi connectivity index (χ1n) is 12.9. The lowest BCUT2D eigenvalue weighted by Gasteiger charge is -2.36. The molecule has 1 aliphatic rings. The summed E-state index contributed by atoms with van der Waals surface area (Å²) in [5.74, 6) is 2.08. The number of ether oxygens (including phenoxy) is 4. The van der Waals surface area contributed by atoms with Crippen molar-refractivity contribution in [2.24, 2.45) is 0 Å². The van der Waals surface area contributed by atoms with E-state index < -0.39 is 5.54 Å². The number of methoxy groups -OCH3 is 1. The number of pyridine rings is 1. The molecule has 0 bridgehead atoms. The van der Waals surface area contributed by atoms with Gasteiger partial charge in [-0.15, -0.1) is 0 Å². The minimum absolute atomic E-state index is 0.131. The quantitative estimate of drug-likeness (QED) is 0.279. The van der Waals surface area contributed by atoms with Gasteiger partial charge in [0.1, 0.15) is 29.2 Å². The van der Waals surface area contributed by atoms with Crippen LogP contribution in [0.1, 0.15) is 30.1 Å². The number of fused-ring (bicyclic) bond motifs is 1. The number of carbonyl (C=O) groups excluding carboxylic acids is 1. The van der Waals surface area contributed by atoms with Crippen LogP contribution >= 0.6 is 0 Å². The third-order valence-electron chi connectivity index (χ3n) is 6.63. The Morgan fingerprint density at radius 1 is 1.13 bits per heavy atom. The van der Waals surface area contributed by atoms with Crippen LogP contribution in [-0.4, -0.2) is 71.1 Å². The second-order valence-corrected chi connectivity index (χ2v) is 9.67. The van der Waals surface area contributed by atoms with Gasteiger partial charge in [0.2, 0.25) is 0 Å². The Labute approximate surface area is 226 Å². The number of imidazole rings is 1. The minimum atomic E-state index is -0.659. The first kappa shape index (κ1) is 26.6. The number of aliphatic hydroxyl groups excluding tert-OH is 1. The third kappa shape index (κ3) is 6.36. The second kappa shape index (κ2) is 11.8. The van der Waals surface area contributed by atoms with Crippen LogP contribution in [0.3, 0.4) is 0 Å². The molecule has 1 atom stereocenters. The number of aliphatic hydroxyl groups is 1. The van der Waals surface area contributed by atoms with E-state index in [1.54, 1.807) is 43.6 Å². The number of amides is 1. The summed E-state index contributed by atoms with van der Waals surface area (Å²) in [6, 6.07) is 16.2. The van der Waals surface area contributed by atoms with Crippen LogP contribution in [-0.2, 0) is 9.47 Å². The van der Waals surface area contributed by atoms with Crippen molar-refractivity contribution in [3.8, 4) is 28.6 Å². The van der Waals surface area contributed by atoms with Crippen LogP contribution < -0.4 is 14.8 Å². The van der Waals surface area contributed by atoms with Gasteiger partial charge < -0.3 is 34.4 Å². The van der Waals surface area contributed by atoms with E-state index in [0.717, 1.165) is 11.1 Å². The second-order valence-electron chi connectivity index (χ2n) is 9.67. The zero-order valence-electron chi connectivity index (χ0n) is 22.0. The van der Waals surface area contributed by atoms with Crippen molar-refractivity contribution < 1.29 is 28.8 Å². The number of hydrogen-bond donors (Lipinski definition) is 3. The molecule has 10 heteroatoms. The predicted octanol–water partition coefficient (Wildman–Crippen LogP) is 4.10. The predicted molar refractivity (Wildman–Crippen MR) is 145 cm³/mol. The highest BCUT2D eigenvalue weighted by molar-refractivity contribution is 5.94. The van der Waals surface area contributed by atoms with Crippen molar-refractivity contribution in [2.75, 3.05) is 33.5 Å². The lowest BCUT2D eigenvalue weighted by Crippen LogP contribution is -2.54. The molecule has 3 N–H and O–H groups in total. The summed E-state index contributed by atoms with van der Waals surface area (Å²) in [4.78, 5) is 25.1. The van der Waals surface area contributed by atoms with Gasteiger partial charge in [0.05, 0.1) is 24.3 Å².